The summed E-state index contributed by atoms with van der Waals surface area (Å²) >= 11 is 0. The number of hydrogen-bond donors (Lipinski definition) is 1. The monoisotopic (exact) mass is 221 g/mol. The van der Waals surface area contributed by atoms with Crippen LogP contribution in [0.2, 0.25) is 0 Å². The normalized spacial score (nSPS) is 22.2. The van der Waals surface area contributed by atoms with Crippen LogP contribution >= 0.6 is 0 Å². The fraction of sp³-hybridized carbons (Fsp3) is 0.273. The van der Waals surface area contributed by atoms with Gasteiger partial charge in [-0.25, -0.2) is 18.7 Å². The van der Waals surface area contributed by atoms with Crippen LogP contribution in [0, 0.1) is 0 Å². The van der Waals surface area contributed by atoms with Gasteiger partial charge in [0.05, 0.1) is 11.4 Å². The van der Waals surface area contributed by atoms with Crippen LogP contribution in [0.5, 0.6) is 0 Å². The van der Waals surface area contributed by atoms with Gasteiger partial charge in [0.2, 0.25) is 5.95 Å². The van der Waals surface area contributed by atoms with Gasteiger partial charge >= 0.3 is 0 Å². The second-order valence-corrected chi connectivity index (χ2v) is 4.06. The molecule has 2 aromatic rings. The molecule has 3 nitrogen and oxygen atoms in total. The van der Waals surface area contributed by atoms with Crippen LogP contribution in [0.3, 0.4) is 0 Å². The molecule has 0 aliphatic heterocycles. The van der Waals surface area contributed by atoms with Crippen LogP contribution in [-0.2, 0) is 0 Å². The predicted octanol–water partition coefficient (Wildman–Crippen LogP) is 2.33. The first-order valence-corrected chi connectivity index (χ1v) is 4.96. The smallest absolute Gasteiger partial charge is 0.255 e. The highest BCUT2D eigenvalue weighted by Crippen LogP contribution is 2.55. The molecule has 1 heterocycles. The maximum Gasteiger partial charge on any atom is 0.255 e. The molecule has 5 heteroatoms. The number of nitrogen functional groups attached to an aromatic ring is 1. The van der Waals surface area contributed by atoms with Crippen molar-refractivity contribution in [3.8, 4) is 0 Å². The highest BCUT2D eigenvalue weighted by molar-refractivity contribution is 5.79. The largest absolute Gasteiger partial charge is 0.368 e. The molecular formula is C11H9F2N3. The molecule has 1 fully saturated rings. The molecule has 0 saturated heterocycles. The Bertz CT molecular complexity index is 568. The Morgan fingerprint density at radius 2 is 2.12 bits per heavy atom. The first-order chi connectivity index (χ1) is 7.56. The van der Waals surface area contributed by atoms with Crippen molar-refractivity contribution in [2.45, 2.75) is 18.3 Å². The van der Waals surface area contributed by atoms with Crippen molar-refractivity contribution in [1.82, 2.24) is 9.97 Å². The van der Waals surface area contributed by atoms with Gasteiger partial charge in [-0.15, -0.1) is 0 Å². The van der Waals surface area contributed by atoms with E-state index in [1.54, 1.807) is 24.4 Å². The second kappa shape index (κ2) is 2.87. The van der Waals surface area contributed by atoms with E-state index >= 15 is 0 Å². The average Bonchev–Trinajstić information content (AvgIpc) is 2.87. The molecule has 1 atom stereocenters. The molecular weight excluding hydrogens is 212 g/mol. The van der Waals surface area contributed by atoms with Crippen molar-refractivity contribution in [1.29, 1.82) is 0 Å². The molecule has 2 N–H and O–H groups in total. The van der Waals surface area contributed by atoms with E-state index in [9.17, 15) is 8.78 Å². The zero-order valence-electron chi connectivity index (χ0n) is 8.32. The molecule has 0 radical (unpaired) electrons. The lowest BCUT2D eigenvalue weighted by Gasteiger charge is -2.02. The molecule has 82 valence electrons. The van der Waals surface area contributed by atoms with E-state index < -0.39 is 11.8 Å². The van der Waals surface area contributed by atoms with Crippen LogP contribution in [0.25, 0.3) is 10.9 Å². The third-order valence-electron chi connectivity index (χ3n) is 2.85. The number of aromatic nitrogens is 2. The fourth-order valence-electron chi connectivity index (χ4n) is 1.85. The van der Waals surface area contributed by atoms with Gasteiger partial charge in [0.1, 0.15) is 0 Å². The van der Waals surface area contributed by atoms with Crippen molar-refractivity contribution >= 4 is 16.9 Å². The number of anilines is 1. The van der Waals surface area contributed by atoms with E-state index in [4.69, 9.17) is 5.73 Å². The summed E-state index contributed by atoms with van der Waals surface area (Å²) in [5, 5.41) is 0.807. The van der Waals surface area contributed by atoms with Crippen LogP contribution in [-0.4, -0.2) is 15.9 Å². The van der Waals surface area contributed by atoms with Crippen LogP contribution in [0.1, 0.15) is 17.9 Å². The van der Waals surface area contributed by atoms with Crippen LogP contribution < -0.4 is 5.73 Å². The third-order valence-corrected chi connectivity index (χ3v) is 2.85. The van der Waals surface area contributed by atoms with Gasteiger partial charge < -0.3 is 5.73 Å². The average molecular weight is 221 g/mol. The summed E-state index contributed by atoms with van der Waals surface area (Å²) in [4.78, 5) is 7.86. The van der Waals surface area contributed by atoms with Gasteiger partial charge in [-0.1, -0.05) is 12.1 Å². The zero-order chi connectivity index (χ0) is 11.3. The molecule has 1 aromatic carbocycles. The van der Waals surface area contributed by atoms with Gasteiger partial charge in [-0.2, -0.15) is 0 Å². The molecule has 1 aliphatic rings. The van der Waals surface area contributed by atoms with E-state index in [0.29, 0.717) is 11.1 Å². The quantitative estimate of drug-likeness (QED) is 0.804. The first kappa shape index (κ1) is 9.45. The number of nitrogens with two attached hydrogens (primary N) is 1. The second-order valence-electron chi connectivity index (χ2n) is 4.06. The van der Waals surface area contributed by atoms with Crippen LogP contribution in [0.15, 0.2) is 24.4 Å². The van der Waals surface area contributed by atoms with E-state index in [-0.39, 0.29) is 12.4 Å². The minimum Gasteiger partial charge on any atom is -0.368 e. The lowest BCUT2D eigenvalue weighted by molar-refractivity contribution is 0.112. The SMILES string of the molecule is Nc1ncc2ccc(C3CC3(F)F)cc2n1. The van der Waals surface area contributed by atoms with E-state index in [1.807, 2.05) is 0 Å². The van der Waals surface area contributed by atoms with Crippen molar-refractivity contribution in [2.24, 2.45) is 0 Å². The standard InChI is InChI=1S/C11H9F2N3/c12-11(13)4-8(11)6-1-2-7-5-15-10(14)16-9(7)3-6/h1-3,5,8H,4H2,(H2,14,15,16). The molecule has 0 amide bonds. The molecule has 16 heavy (non-hydrogen) atoms. The minimum atomic E-state index is -2.55. The summed E-state index contributed by atoms with van der Waals surface area (Å²) in [7, 11) is 0. The van der Waals surface area contributed by atoms with Crippen LogP contribution in [0.4, 0.5) is 14.7 Å². The van der Waals surface area contributed by atoms with Gasteiger partial charge in [-0.05, 0) is 11.6 Å². The van der Waals surface area contributed by atoms with E-state index in [1.165, 1.54) is 0 Å². The van der Waals surface area contributed by atoms with Crippen molar-refractivity contribution in [3.05, 3.63) is 30.0 Å². The molecule has 1 aromatic heterocycles. The summed E-state index contributed by atoms with van der Waals surface area (Å²) in [6, 6.07) is 5.12. The molecule has 1 aliphatic carbocycles. The number of hydrogen-bond acceptors (Lipinski definition) is 3. The predicted molar refractivity (Wildman–Crippen MR) is 56.3 cm³/mol. The third kappa shape index (κ3) is 1.39. The summed E-state index contributed by atoms with van der Waals surface area (Å²) in [5.74, 6) is -3.05. The molecule has 3 rings (SSSR count). The van der Waals surface area contributed by atoms with Gasteiger partial charge in [0, 0.05) is 18.0 Å². The molecule has 0 bridgehead atoms. The van der Waals surface area contributed by atoms with E-state index in [2.05, 4.69) is 9.97 Å². The molecule has 1 saturated carbocycles. The Morgan fingerprint density at radius 3 is 2.81 bits per heavy atom. The first-order valence-electron chi connectivity index (χ1n) is 4.96. The summed E-state index contributed by atoms with van der Waals surface area (Å²) in [5.41, 5.74) is 6.69. The number of halogens is 2. The van der Waals surface area contributed by atoms with Gasteiger partial charge in [0.15, 0.2) is 0 Å². The Morgan fingerprint density at radius 1 is 1.38 bits per heavy atom. The Kier molecular flexibility index (Phi) is 1.70. The van der Waals surface area contributed by atoms with Gasteiger partial charge in [0.25, 0.3) is 5.92 Å². The van der Waals surface area contributed by atoms with Gasteiger partial charge in [-0.3, -0.25) is 0 Å². The number of alkyl halides is 2. The number of benzene rings is 1. The van der Waals surface area contributed by atoms with Crippen molar-refractivity contribution in [2.75, 3.05) is 5.73 Å². The van der Waals surface area contributed by atoms with Crippen molar-refractivity contribution in [3.63, 3.8) is 0 Å². The maximum atomic E-state index is 12.9. The molecule has 0 spiro atoms. The van der Waals surface area contributed by atoms with E-state index in [0.717, 1.165) is 5.39 Å². The Balaban J connectivity index is 2.09. The summed E-state index contributed by atoms with van der Waals surface area (Å²) in [6.07, 6.45) is 1.52. The summed E-state index contributed by atoms with van der Waals surface area (Å²) in [6.45, 7) is 0. The highest BCUT2D eigenvalue weighted by atomic mass is 19.3. The summed E-state index contributed by atoms with van der Waals surface area (Å²) < 4.78 is 25.8. The molecule has 1 unspecified atom stereocenters. The van der Waals surface area contributed by atoms with Crippen molar-refractivity contribution < 1.29 is 8.78 Å². The number of fused-ring (bicyclic) bond motifs is 1. The number of nitrogens with zero attached hydrogens (tertiary/aromatic N) is 2. The maximum absolute atomic E-state index is 12.9. The lowest BCUT2D eigenvalue weighted by atomic mass is 10.1. The topological polar surface area (TPSA) is 51.8 Å². The number of rotatable bonds is 1. The zero-order valence-corrected chi connectivity index (χ0v) is 8.32. The Hall–Kier alpha value is -1.78. The Labute approximate surface area is 90.3 Å². The minimum absolute atomic E-state index is 0.0704. The fourth-order valence-corrected chi connectivity index (χ4v) is 1.85. The highest BCUT2D eigenvalue weighted by Gasteiger charge is 2.57. The lowest BCUT2D eigenvalue weighted by Crippen LogP contribution is -1.96.